The van der Waals surface area contributed by atoms with Gasteiger partial charge in [0.2, 0.25) is 0 Å². The van der Waals surface area contributed by atoms with Gasteiger partial charge >= 0.3 is 0 Å². The average Bonchev–Trinajstić information content (AvgIpc) is 2.88. The summed E-state index contributed by atoms with van der Waals surface area (Å²) in [6.07, 6.45) is 1.59. The average molecular weight is 473 g/mol. The maximum absolute atomic E-state index is 14.9. The predicted octanol–water partition coefficient (Wildman–Crippen LogP) is 4.40. The molecular weight excluding hydrogens is 452 g/mol. The fourth-order valence-electron chi connectivity index (χ4n) is 4.05. The first kappa shape index (κ1) is 22.7. The van der Waals surface area contributed by atoms with Gasteiger partial charge in [0.1, 0.15) is 17.5 Å². The van der Waals surface area contributed by atoms with Gasteiger partial charge in [-0.2, -0.15) is 0 Å². The number of nitrogens with zero attached hydrogens (tertiary/aromatic N) is 3. The van der Waals surface area contributed by atoms with Crippen molar-refractivity contribution in [1.29, 1.82) is 0 Å². The topological polar surface area (TPSA) is 72.4 Å². The Morgan fingerprint density at radius 2 is 1.74 bits per heavy atom. The van der Waals surface area contributed by atoms with Crippen LogP contribution in [0.3, 0.4) is 0 Å². The Morgan fingerprint density at radius 1 is 0.914 bits per heavy atom. The van der Waals surface area contributed by atoms with Gasteiger partial charge < -0.3 is 9.64 Å². The molecule has 8 heteroatoms. The highest BCUT2D eigenvalue weighted by atomic mass is 19.1. The number of anilines is 1. The second-order valence-corrected chi connectivity index (χ2v) is 8.28. The summed E-state index contributed by atoms with van der Waals surface area (Å²) >= 11 is 0. The van der Waals surface area contributed by atoms with Crippen LogP contribution in [0.4, 0.5) is 14.6 Å². The molecule has 0 saturated carbocycles. The number of ketones is 2. The van der Waals surface area contributed by atoms with Gasteiger partial charge in [-0.1, -0.05) is 18.2 Å². The molecule has 0 radical (unpaired) electrons. The first-order chi connectivity index (χ1) is 17.0. The number of Topliss-reactive ketones (excluding diaryl/α,β-unsaturated/α-hetero) is 1. The first-order valence-electron chi connectivity index (χ1n) is 11.2. The van der Waals surface area contributed by atoms with Crippen LogP contribution >= 0.6 is 0 Å². The minimum Gasteiger partial charge on any atom is -0.378 e. The molecule has 4 aromatic rings. The van der Waals surface area contributed by atoms with Crippen LogP contribution in [0.2, 0.25) is 0 Å². The van der Waals surface area contributed by atoms with Gasteiger partial charge in [0.05, 0.1) is 36.0 Å². The Balaban J connectivity index is 1.37. The maximum atomic E-state index is 14.9. The molecule has 3 aromatic carbocycles. The van der Waals surface area contributed by atoms with Crippen molar-refractivity contribution in [3.63, 3.8) is 0 Å². The molecule has 0 spiro atoms. The molecule has 0 bridgehead atoms. The van der Waals surface area contributed by atoms with Crippen molar-refractivity contribution in [3.8, 4) is 0 Å². The number of carbonyl (C=O) groups excluding carboxylic acids is 2. The molecule has 0 unspecified atom stereocenters. The quantitative estimate of drug-likeness (QED) is 0.387. The van der Waals surface area contributed by atoms with Crippen molar-refractivity contribution in [2.24, 2.45) is 0 Å². The Bertz CT molecular complexity index is 1430. The lowest BCUT2D eigenvalue weighted by Crippen LogP contribution is -2.36. The van der Waals surface area contributed by atoms with E-state index in [0.29, 0.717) is 48.7 Å². The van der Waals surface area contributed by atoms with Gasteiger partial charge in [-0.05, 0) is 48.0 Å². The van der Waals surface area contributed by atoms with Crippen LogP contribution in [-0.2, 0) is 11.2 Å². The summed E-state index contributed by atoms with van der Waals surface area (Å²) in [5.41, 5.74) is 1.95. The standard InChI is InChI=1S/C27H21F2N3O3/c28-20-3-1-2-18(14-20)25(33)13-17-4-6-21(22(29)12-17)27(34)19-5-7-23-24(15-19)31-26(16-30-23)32-8-10-35-11-9-32/h1-7,12,14-16H,8-11,13H2. The van der Waals surface area contributed by atoms with Gasteiger partial charge in [-0.15, -0.1) is 0 Å². The number of hydrogen-bond acceptors (Lipinski definition) is 6. The summed E-state index contributed by atoms with van der Waals surface area (Å²) in [5, 5.41) is 0. The zero-order valence-electron chi connectivity index (χ0n) is 18.7. The smallest absolute Gasteiger partial charge is 0.196 e. The van der Waals surface area contributed by atoms with Gasteiger partial charge in [-0.25, -0.2) is 13.8 Å². The van der Waals surface area contributed by atoms with E-state index in [9.17, 15) is 18.4 Å². The van der Waals surface area contributed by atoms with E-state index < -0.39 is 17.4 Å². The van der Waals surface area contributed by atoms with E-state index in [2.05, 4.69) is 14.9 Å². The minimum atomic E-state index is -0.729. The number of halogens is 2. The molecule has 0 aliphatic carbocycles. The Labute approximate surface area is 200 Å². The molecular formula is C27H21F2N3O3. The lowest BCUT2D eigenvalue weighted by atomic mass is 9.98. The van der Waals surface area contributed by atoms with Crippen LogP contribution in [-0.4, -0.2) is 47.8 Å². The Hall–Kier alpha value is -4.04. The number of ether oxygens (including phenoxy) is 1. The number of fused-ring (bicyclic) bond motifs is 1. The van der Waals surface area contributed by atoms with E-state index in [0.717, 1.165) is 6.07 Å². The van der Waals surface area contributed by atoms with E-state index in [1.807, 2.05) is 0 Å². The summed E-state index contributed by atoms with van der Waals surface area (Å²) in [5.74, 6) is -1.38. The third kappa shape index (κ3) is 4.93. The number of carbonyl (C=O) groups is 2. The number of morpholine rings is 1. The Morgan fingerprint density at radius 3 is 2.51 bits per heavy atom. The highest BCUT2D eigenvalue weighted by Gasteiger charge is 2.18. The molecule has 35 heavy (non-hydrogen) atoms. The first-order valence-corrected chi connectivity index (χ1v) is 11.2. The molecule has 6 nitrogen and oxygen atoms in total. The molecule has 1 saturated heterocycles. The van der Waals surface area contributed by atoms with Crippen LogP contribution in [0, 0.1) is 11.6 Å². The molecule has 0 amide bonds. The fraction of sp³-hybridized carbons (Fsp3) is 0.185. The number of rotatable bonds is 6. The summed E-state index contributed by atoms with van der Waals surface area (Å²) in [6, 6.07) is 14.3. The summed E-state index contributed by atoms with van der Waals surface area (Å²) < 4.78 is 33.6. The van der Waals surface area contributed by atoms with Gasteiger partial charge in [0.25, 0.3) is 0 Å². The van der Waals surface area contributed by atoms with Crippen LogP contribution < -0.4 is 4.90 Å². The normalized spacial score (nSPS) is 13.7. The van der Waals surface area contributed by atoms with E-state index in [-0.39, 0.29) is 28.9 Å². The van der Waals surface area contributed by atoms with Crippen LogP contribution in [0.15, 0.2) is 66.9 Å². The lowest BCUT2D eigenvalue weighted by Gasteiger charge is -2.27. The maximum Gasteiger partial charge on any atom is 0.196 e. The van der Waals surface area contributed by atoms with E-state index in [1.165, 1.54) is 36.4 Å². The molecule has 0 N–H and O–H groups in total. The Kier molecular flexibility index (Phi) is 6.29. The van der Waals surface area contributed by atoms with Crippen molar-refractivity contribution >= 4 is 28.4 Å². The molecule has 2 heterocycles. The second-order valence-electron chi connectivity index (χ2n) is 8.28. The third-order valence-electron chi connectivity index (χ3n) is 5.92. The molecule has 0 atom stereocenters. The van der Waals surface area contributed by atoms with Gasteiger partial charge in [-0.3, -0.25) is 14.6 Å². The van der Waals surface area contributed by atoms with Crippen LogP contribution in [0.1, 0.15) is 31.8 Å². The van der Waals surface area contributed by atoms with E-state index in [4.69, 9.17) is 4.74 Å². The number of benzene rings is 3. The largest absolute Gasteiger partial charge is 0.378 e. The zero-order valence-corrected chi connectivity index (χ0v) is 18.7. The minimum absolute atomic E-state index is 0.106. The van der Waals surface area contributed by atoms with E-state index in [1.54, 1.807) is 24.4 Å². The molecule has 1 aliphatic heterocycles. The molecule has 1 aromatic heterocycles. The predicted molar refractivity (Wildman–Crippen MR) is 127 cm³/mol. The number of hydrogen-bond donors (Lipinski definition) is 0. The van der Waals surface area contributed by atoms with Gasteiger partial charge in [0, 0.05) is 30.6 Å². The van der Waals surface area contributed by atoms with Crippen molar-refractivity contribution < 1.29 is 23.1 Å². The molecule has 5 rings (SSSR count). The molecule has 176 valence electrons. The van der Waals surface area contributed by atoms with Crippen LogP contribution in [0.25, 0.3) is 11.0 Å². The van der Waals surface area contributed by atoms with E-state index >= 15 is 0 Å². The second kappa shape index (κ2) is 9.68. The lowest BCUT2D eigenvalue weighted by molar-refractivity contribution is 0.0991. The highest BCUT2D eigenvalue weighted by Crippen LogP contribution is 2.22. The summed E-state index contributed by atoms with van der Waals surface area (Å²) in [6.45, 7) is 2.64. The van der Waals surface area contributed by atoms with Gasteiger partial charge in [0.15, 0.2) is 11.6 Å². The van der Waals surface area contributed by atoms with Crippen LogP contribution in [0.5, 0.6) is 0 Å². The monoisotopic (exact) mass is 473 g/mol. The fourth-order valence-corrected chi connectivity index (χ4v) is 4.05. The summed E-state index contributed by atoms with van der Waals surface area (Å²) in [7, 11) is 0. The van der Waals surface area contributed by atoms with Crippen molar-refractivity contribution in [3.05, 3.63) is 101 Å². The van der Waals surface area contributed by atoms with Crippen molar-refractivity contribution in [2.45, 2.75) is 6.42 Å². The molecule has 1 aliphatic rings. The SMILES string of the molecule is O=C(Cc1ccc(C(=O)c2ccc3ncc(N4CCOCC4)nc3c2)c(F)c1)c1cccc(F)c1. The third-order valence-corrected chi connectivity index (χ3v) is 5.92. The number of aromatic nitrogens is 2. The highest BCUT2D eigenvalue weighted by molar-refractivity contribution is 6.10. The molecule has 1 fully saturated rings. The van der Waals surface area contributed by atoms with Crippen molar-refractivity contribution in [1.82, 2.24) is 9.97 Å². The summed E-state index contributed by atoms with van der Waals surface area (Å²) in [4.78, 5) is 36.6. The zero-order chi connectivity index (χ0) is 24.4. The van der Waals surface area contributed by atoms with Crippen molar-refractivity contribution in [2.75, 3.05) is 31.2 Å².